The van der Waals surface area contributed by atoms with Crippen LogP contribution in [0.15, 0.2) is 27.1 Å². The quantitative estimate of drug-likeness (QED) is 0.795. The van der Waals surface area contributed by atoms with Crippen LogP contribution in [-0.2, 0) is 6.42 Å². The van der Waals surface area contributed by atoms with Crippen LogP contribution in [0.2, 0.25) is 0 Å². The van der Waals surface area contributed by atoms with Gasteiger partial charge in [0.1, 0.15) is 5.76 Å². The maximum Gasteiger partial charge on any atom is 0.239 e. The molecule has 16 heavy (non-hydrogen) atoms. The molecule has 0 radical (unpaired) electrons. The van der Waals surface area contributed by atoms with Crippen molar-refractivity contribution in [1.82, 2.24) is 0 Å². The Kier molecular flexibility index (Phi) is 3.30. The molecule has 0 aliphatic heterocycles. The molecule has 0 saturated carbocycles. The first-order chi connectivity index (χ1) is 7.61. The molecule has 2 heterocycles. The van der Waals surface area contributed by atoms with Gasteiger partial charge in [-0.05, 0) is 41.1 Å². The highest BCUT2D eigenvalue weighted by Crippen LogP contribution is 2.29. The first-order valence-corrected chi connectivity index (χ1v) is 6.62. The van der Waals surface area contributed by atoms with Gasteiger partial charge in [-0.2, -0.15) is 0 Å². The van der Waals surface area contributed by atoms with Crippen LogP contribution in [0.4, 0.5) is 0 Å². The van der Waals surface area contributed by atoms with Gasteiger partial charge >= 0.3 is 0 Å². The Morgan fingerprint density at radius 1 is 1.50 bits per heavy atom. The summed E-state index contributed by atoms with van der Waals surface area (Å²) >= 11 is 4.86. The molecular weight excluding hydrogens is 288 g/mol. The lowest BCUT2D eigenvalue weighted by Crippen LogP contribution is -1.96. The van der Waals surface area contributed by atoms with Crippen molar-refractivity contribution < 1.29 is 9.21 Å². The summed E-state index contributed by atoms with van der Waals surface area (Å²) < 4.78 is 6.29. The van der Waals surface area contributed by atoms with E-state index in [2.05, 4.69) is 15.9 Å². The zero-order chi connectivity index (χ0) is 11.7. The molecule has 0 saturated heterocycles. The third-order valence-corrected chi connectivity index (χ3v) is 4.19. The zero-order valence-corrected chi connectivity index (χ0v) is 11.4. The van der Waals surface area contributed by atoms with Gasteiger partial charge in [0.05, 0.1) is 4.88 Å². The maximum absolute atomic E-state index is 12.1. The topological polar surface area (TPSA) is 30.2 Å². The maximum atomic E-state index is 12.1. The summed E-state index contributed by atoms with van der Waals surface area (Å²) in [7, 11) is 0. The highest BCUT2D eigenvalue weighted by atomic mass is 79.9. The molecule has 0 bridgehead atoms. The number of carbonyl (C=O) groups is 1. The fourth-order valence-corrected chi connectivity index (χ4v) is 3.21. The van der Waals surface area contributed by atoms with E-state index in [1.54, 1.807) is 6.07 Å². The molecule has 0 aromatic carbocycles. The minimum atomic E-state index is -0.0512. The van der Waals surface area contributed by atoms with Gasteiger partial charge < -0.3 is 4.42 Å². The predicted octanol–water partition coefficient (Wildman–Crippen LogP) is 4.21. The van der Waals surface area contributed by atoms with Crippen LogP contribution >= 0.6 is 27.3 Å². The summed E-state index contributed by atoms with van der Waals surface area (Å²) in [5.41, 5.74) is 0. The van der Waals surface area contributed by atoms with E-state index in [-0.39, 0.29) is 5.78 Å². The summed E-state index contributed by atoms with van der Waals surface area (Å²) in [6.45, 7) is 3.98. The Labute approximate surface area is 106 Å². The molecule has 0 aliphatic rings. The number of thiophene rings is 1. The molecule has 0 amide bonds. The Bertz CT molecular complexity index is 525. The molecule has 0 unspecified atom stereocenters. The number of hydrogen-bond donors (Lipinski definition) is 0. The van der Waals surface area contributed by atoms with Crippen LogP contribution in [0, 0.1) is 6.92 Å². The van der Waals surface area contributed by atoms with E-state index in [0.29, 0.717) is 10.6 Å². The number of rotatable bonds is 3. The molecule has 0 spiro atoms. The second-order valence-corrected chi connectivity index (χ2v) is 5.59. The average Bonchev–Trinajstić information content (AvgIpc) is 2.84. The first kappa shape index (κ1) is 11.6. The summed E-state index contributed by atoms with van der Waals surface area (Å²) in [4.78, 5) is 13.9. The Morgan fingerprint density at radius 3 is 2.75 bits per heavy atom. The smallest absolute Gasteiger partial charge is 0.239 e. The molecule has 0 aliphatic carbocycles. The second kappa shape index (κ2) is 4.55. The standard InChI is InChI=1S/C12H11BrO2S/c1-3-8-4-5-10(15-8)11(14)12-9(13)6-7(2)16-12/h4-6H,3H2,1-2H3. The normalized spacial score (nSPS) is 10.7. The van der Waals surface area contributed by atoms with Gasteiger partial charge in [-0.25, -0.2) is 0 Å². The number of hydrogen-bond acceptors (Lipinski definition) is 3. The number of halogens is 1. The van der Waals surface area contributed by atoms with E-state index < -0.39 is 0 Å². The van der Waals surface area contributed by atoms with Crippen LogP contribution in [0.5, 0.6) is 0 Å². The third kappa shape index (κ3) is 2.13. The van der Waals surface area contributed by atoms with Gasteiger partial charge in [-0.3, -0.25) is 4.79 Å². The van der Waals surface area contributed by atoms with E-state index in [1.807, 2.05) is 26.0 Å². The Hall–Kier alpha value is -0.870. The average molecular weight is 299 g/mol. The van der Waals surface area contributed by atoms with Crippen molar-refractivity contribution in [3.8, 4) is 0 Å². The monoisotopic (exact) mass is 298 g/mol. The summed E-state index contributed by atoms with van der Waals surface area (Å²) in [6.07, 6.45) is 0.803. The molecule has 84 valence electrons. The van der Waals surface area contributed by atoms with Crippen molar-refractivity contribution in [2.24, 2.45) is 0 Å². The fraction of sp³-hybridized carbons (Fsp3) is 0.250. The molecule has 2 aromatic rings. The molecule has 2 rings (SSSR count). The molecule has 0 atom stereocenters. The summed E-state index contributed by atoms with van der Waals surface area (Å²) in [6, 6.07) is 5.53. The second-order valence-electron chi connectivity index (χ2n) is 3.48. The van der Waals surface area contributed by atoms with Crippen molar-refractivity contribution >= 4 is 33.0 Å². The lowest BCUT2D eigenvalue weighted by Gasteiger charge is -1.94. The van der Waals surface area contributed by atoms with E-state index in [9.17, 15) is 4.79 Å². The minimum absolute atomic E-state index is 0.0512. The van der Waals surface area contributed by atoms with Crippen LogP contribution in [-0.4, -0.2) is 5.78 Å². The molecule has 4 heteroatoms. The number of ketones is 1. The zero-order valence-electron chi connectivity index (χ0n) is 9.04. The van der Waals surface area contributed by atoms with Crippen molar-refractivity contribution in [3.05, 3.63) is 43.9 Å². The molecule has 0 N–H and O–H groups in total. The Balaban J connectivity index is 2.35. The van der Waals surface area contributed by atoms with E-state index in [4.69, 9.17) is 4.42 Å². The van der Waals surface area contributed by atoms with Crippen LogP contribution in [0.25, 0.3) is 0 Å². The molecule has 0 fully saturated rings. The lowest BCUT2D eigenvalue weighted by atomic mass is 10.2. The van der Waals surface area contributed by atoms with Gasteiger partial charge in [0.2, 0.25) is 5.78 Å². The van der Waals surface area contributed by atoms with Crippen LogP contribution in [0.3, 0.4) is 0 Å². The predicted molar refractivity (Wildman–Crippen MR) is 68.3 cm³/mol. The molecular formula is C12H11BrO2S. The van der Waals surface area contributed by atoms with Crippen LogP contribution in [0.1, 0.15) is 33.0 Å². The van der Waals surface area contributed by atoms with Gasteiger partial charge in [0, 0.05) is 15.8 Å². The fourth-order valence-electron chi connectivity index (χ4n) is 1.44. The van der Waals surface area contributed by atoms with Crippen molar-refractivity contribution in [3.63, 3.8) is 0 Å². The van der Waals surface area contributed by atoms with Crippen molar-refractivity contribution in [2.45, 2.75) is 20.3 Å². The van der Waals surface area contributed by atoms with Gasteiger partial charge in [-0.1, -0.05) is 6.92 Å². The minimum Gasteiger partial charge on any atom is -0.458 e. The van der Waals surface area contributed by atoms with Crippen LogP contribution < -0.4 is 0 Å². The number of aryl methyl sites for hydroxylation is 2. The summed E-state index contributed by atoms with van der Waals surface area (Å²) in [5.74, 6) is 1.21. The summed E-state index contributed by atoms with van der Waals surface area (Å²) in [5, 5.41) is 0. The van der Waals surface area contributed by atoms with Gasteiger partial charge in [0.15, 0.2) is 5.76 Å². The van der Waals surface area contributed by atoms with Gasteiger partial charge in [-0.15, -0.1) is 11.3 Å². The van der Waals surface area contributed by atoms with Crippen molar-refractivity contribution in [2.75, 3.05) is 0 Å². The Morgan fingerprint density at radius 2 is 2.25 bits per heavy atom. The van der Waals surface area contributed by atoms with Gasteiger partial charge in [0.25, 0.3) is 0 Å². The third-order valence-electron chi connectivity index (χ3n) is 2.25. The highest BCUT2D eigenvalue weighted by molar-refractivity contribution is 9.10. The number of carbonyl (C=O) groups excluding carboxylic acids is 1. The highest BCUT2D eigenvalue weighted by Gasteiger charge is 2.18. The van der Waals surface area contributed by atoms with E-state index in [0.717, 1.165) is 21.5 Å². The largest absolute Gasteiger partial charge is 0.458 e. The van der Waals surface area contributed by atoms with E-state index >= 15 is 0 Å². The first-order valence-electron chi connectivity index (χ1n) is 5.01. The van der Waals surface area contributed by atoms with Crippen molar-refractivity contribution in [1.29, 1.82) is 0 Å². The lowest BCUT2D eigenvalue weighted by molar-refractivity contribution is 0.101. The molecule has 2 nitrogen and oxygen atoms in total. The SMILES string of the molecule is CCc1ccc(C(=O)c2sc(C)cc2Br)o1. The number of furan rings is 1. The molecule has 2 aromatic heterocycles. The van der Waals surface area contributed by atoms with E-state index in [1.165, 1.54) is 11.3 Å².